The first-order chi connectivity index (χ1) is 12.2. The lowest BCUT2D eigenvalue weighted by atomic mass is 9.71. The van der Waals surface area contributed by atoms with Crippen LogP contribution in [-0.4, -0.2) is 35.0 Å². The van der Waals surface area contributed by atoms with Crippen LogP contribution in [0.5, 0.6) is 0 Å². The maximum Gasteiger partial charge on any atom is 0.141 e. The van der Waals surface area contributed by atoms with Crippen molar-refractivity contribution in [1.82, 2.24) is 0 Å². The predicted molar refractivity (Wildman–Crippen MR) is 105 cm³/mol. The minimum atomic E-state index is -0.480. The second-order valence-corrected chi connectivity index (χ2v) is 8.18. The monoisotopic (exact) mass is 366 g/mol. The van der Waals surface area contributed by atoms with Crippen molar-refractivity contribution in [2.24, 2.45) is 29.6 Å². The van der Waals surface area contributed by atoms with Gasteiger partial charge in [-0.2, -0.15) is 0 Å². The van der Waals surface area contributed by atoms with Crippen LogP contribution in [0.15, 0.2) is 12.2 Å². The third kappa shape index (κ3) is 5.04. The van der Waals surface area contributed by atoms with E-state index >= 15 is 0 Å². The van der Waals surface area contributed by atoms with Gasteiger partial charge in [0.2, 0.25) is 0 Å². The zero-order valence-electron chi connectivity index (χ0n) is 17.6. The Morgan fingerprint density at radius 3 is 2.27 bits per heavy atom. The fourth-order valence-corrected chi connectivity index (χ4v) is 4.31. The number of hydrogen-bond donors (Lipinski definition) is 1. The minimum Gasteiger partial charge on any atom is -0.396 e. The summed E-state index contributed by atoms with van der Waals surface area (Å²) in [5, 5.41) is 9.83. The predicted octanol–water partition coefficient (Wildman–Crippen LogP) is 4.20. The molecule has 1 aliphatic heterocycles. The lowest BCUT2D eigenvalue weighted by Gasteiger charge is -2.31. The first-order valence-corrected chi connectivity index (χ1v) is 10.1. The second-order valence-electron chi connectivity index (χ2n) is 8.18. The van der Waals surface area contributed by atoms with E-state index in [4.69, 9.17) is 4.74 Å². The van der Waals surface area contributed by atoms with Crippen molar-refractivity contribution in [2.45, 2.75) is 79.4 Å². The SMILES string of the molecule is C/C=C\[C@H](C)[C@H]1OC1(C)[C@@H](C)[C@@H](CC)C(=O)[C@H](CO)[C@@H](C)CC(=O)CC. The van der Waals surface area contributed by atoms with Crippen LogP contribution in [0.4, 0.5) is 0 Å². The zero-order valence-corrected chi connectivity index (χ0v) is 17.6. The van der Waals surface area contributed by atoms with Gasteiger partial charge in [-0.25, -0.2) is 0 Å². The number of aliphatic hydroxyl groups excluding tert-OH is 1. The Hall–Kier alpha value is -1.00. The van der Waals surface area contributed by atoms with Crippen molar-refractivity contribution >= 4 is 11.6 Å². The first-order valence-electron chi connectivity index (χ1n) is 10.1. The maximum atomic E-state index is 13.2. The first kappa shape index (κ1) is 23.0. The van der Waals surface area contributed by atoms with Crippen LogP contribution in [0.25, 0.3) is 0 Å². The number of allylic oxidation sites excluding steroid dienone is 1. The van der Waals surface area contributed by atoms with Crippen LogP contribution in [0, 0.1) is 29.6 Å². The molecule has 0 radical (unpaired) electrons. The third-order valence-electron chi connectivity index (χ3n) is 6.37. The van der Waals surface area contributed by atoms with Gasteiger partial charge in [-0.1, -0.05) is 46.8 Å². The Labute approximate surface area is 159 Å². The molecule has 0 amide bonds. The maximum absolute atomic E-state index is 13.2. The number of rotatable bonds is 12. The molecule has 1 N–H and O–H groups in total. The van der Waals surface area contributed by atoms with Crippen molar-refractivity contribution in [1.29, 1.82) is 0 Å². The van der Waals surface area contributed by atoms with Crippen molar-refractivity contribution in [2.75, 3.05) is 6.61 Å². The molecule has 1 unspecified atom stereocenters. The molecule has 1 aliphatic rings. The third-order valence-corrected chi connectivity index (χ3v) is 6.37. The molecule has 7 atom stereocenters. The molecule has 0 saturated carbocycles. The van der Waals surface area contributed by atoms with Gasteiger partial charge in [0.25, 0.3) is 0 Å². The number of hydrogen-bond acceptors (Lipinski definition) is 4. The summed E-state index contributed by atoms with van der Waals surface area (Å²) in [6, 6.07) is 0. The van der Waals surface area contributed by atoms with Gasteiger partial charge in [0.05, 0.1) is 18.3 Å². The molecule has 0 aromatic carbocycles. The molecule has 1 heterocycles. The Kier molecular flexibility index (Phi) is 8.68. The highest BCUT2D eigenvalue weighted by molar-refractivity contribution is 5.85. The van der Waals surface area contributed by atoms with Crippen LogP contribution < -0.4 is 0 Å². The Balaban J connectivity index is 2.88. The molecule has 4 heteroatoms. The van der Waals surface area contributed by atoms with Crippen LogP contribution in [-0.2, 0) is 14.3 Å². The van der Waals surface area contributed by atoms with Gasteiger partial charge in [0.15, 0.2) is 0 Å². The second kappa shape index (κ2) is 9.80. The number of carbonyl (C=O) groups is 2. The van der Waals surface area contributed by atoms with Gasteiger partial charge in [-0.05, 0) is 32.1 Å². The molecule has 0 aliphatic carbocycles. The number of Topliss-reactive ketones (excluding diaryl/α,β-unsaturated/α-hetero) is 2. The van der Waals surface area contributed by atoms with Gasteiger partial charge in [0.1, 0.15) is 11.6 Å². The molecule has 0 aromatic heterocycles. The molecule has 1 fully saturated rings. The summed E-state index contributed by atoms with van der Waals surface area (Å²) in [5.41, 5.74) is -0.308. The molecule has 4 nitrogen and oxygen atoms in total. The fourth-order valence-electron chi connectivity index (χ4n) is 4.31. The molecule has 1 rings (SSSR count). The van der Waals surface area contributed by atoms with E-state index < -0.39 is 5.92 Å². The summed E-state index contributed by atoms with van der Waals surface area (Å²) < 4.78 is 6.05. The van der Waals surface area contributed by atoms with Crippen LogP contribution in [0.1, 0.15) is 67.7 Å². The van der Waals surface area contributed by atoms with Crippen molar-refractivity contribution in [3.8, 4) is 0 Å². The summed E-state index contributed by atoms with van der Waals surface area (Å²) in [6.07, 6.45) is 5.85. The molecule has 26 heavy (non-hydrogen) atoms. The zero-order chi connectivity index (χ0) is 20.1. The molecular formula is C22H38O4. The van der Waals surface area contributed by atoms with E-state index in [-0.39, 0.29) is 47.6 Å². The standard InChI is InChI=1S/C22H38O4/c1-8-11-14(4)21-22(7,26-21)16(6)18(10-3)20(25)19(13-23)15(5)12-17(24)9-2/h8,11,14-16,18-19,21,23H,9-10,12-13H2,1-7H3/b11-8-/t14-,15-,16-,18+,19+,21+,22?/m0/s1. The van der Waals surface area contributed by atoms with Gasteiger partial charge in [-0.15, -0.1) is 0 Å². The average Bonchev–Trinajstić information content (AvgIpc) is 3.29. The van der Waals surface area contributed by atoms with Gasteiger partial charge >= 0.3 is 0 Å². The van der Waals surface area contributed by atoms with E-state index in [0.717, 1.165) is 0 Å². The Bertz CT molecular complexity index is 512. The highest BCUT2D eigenvalue weighted by atomic mass is 16.6. The van der Waals surface area contributed by atoms with Crippen LogP contribution in [0.3, 0.4) is 0 Å². The molecule has 150 valence electrons. The summed E-state index contributed by atoms with van der Waals surface area (Å²) in [6.45, 7) is 13.9. The number of aliphatic hydroxyl groups is 1. The molecule has 0 spiro atoms. The number of carbonyl (C=O) groups excluding carboxylic acids is 2. The minimum absolute atomic E-state index is 0.0702. The summed E-state index contributed by atoms with van der Waals surface area (Å²) >= 11 is 0. The number of ketones is 2. The van der Waals surface area contributed by atoms with Gasteiger partial charge < -0.3 is 9.84 Å². The fraction of sp³-hybridized carbons (Fsp3) is 0.818. The lowest BCUT2D eigenvalue weighted by Crippen LogP contribution is -2.39. The normalized spacial score (nSPS) is 28.4. The van der Waals surface area contributed by atoms with Crippen molar-refractivity contribution < 1.29 is 19.4 Å². The van der Waals surface area contributed by atoms with Gasteiger partial charge in [-0.3, -0.25) is 9.59 Å². The molecule has 0 aromatic rings. The van der Waals surface area contributed by atoms with Gasteiger partial charge in [0, 0.05) is 30.6 Å². The van der Waals surface area contributed by atoms with E-state index in [2.05, 4.69) is 26.8 Å². The average molecular weight is 367 g/mol. The lowest BCUT2D eigenvalue weighted by molar-refractivity contribution is -0.133. The van der Waals surface area contributed by atoms with Crippen LogP contribution >= 0.6 is 0 Å². The summed E-state index contributed by atoms with van der Waals surface area (Å²) in [7, 11) is 0. The van der Waals surface area contributed by atoms with Crippen molar-refractivity contribution in [3.63, 3.8) is 0 Å². The summed E-state index contributed by atoms with van der Waals surface area (Å²) in [5.74, 6) is -0.177. The topological polar surface area (TPSA) is 66.9 Å². The van der Waals surface area contributed by atoms with Crippen molar-refractivity contribution in [3.05, 3.63) is 12.2 Å². The highest BCUT2D eigenvalue weighted by Gasteiger charge is 2.59. The largest absolute Gasteiger partial charge is 0.396 e. The Morgan fingerprint density at radius 2 is 1.81 bits per heavy atom. The smallest absolute Gasteiger partial charge is 0.141 e. The van der Waals surface area contributed by atoms with E-state index in [1.807, 2.05) is 33.8 Å². The molecular weight excluding hydrogens is 328 g/mol. The summed E-state index contributed by atoms with van der Waals surface area (Å²) in [4.78, 5) is 25.0. The number of ether oxygens (including phenoxy) is 1. The molecule has 1 saturated heterocycles. The highest BCUT2D eigenvalue weighted by Crippen LogP contribution is 2.50. The molecule has 0 bridgehead atoms. The van der Waals surface area contributed by atoms with Crippen LogP contribution in [0.2, 0.25) is 0 Å². The van der Waals surface area contributed by atoms with E-state index in [1.54, 1.807) is 0 Å². The van der Waals surface area contributed by atoms with E-state index in [9.17, 15) is 14.7 Å². The quantitative estimate of drug-likeness (QED) is 0.415. The Morgan fingerprint density at radius 1 is 1.19 bits per heavy atom. The van der Waals surface area contributed by atoms with E-state index in [1.165, 1.54) is 0 Å². The number of epoxide rings is 1. The van der Waals surface area contributed by atoms with E-state index in [0.29, 0.717) is 25.2 Å².